The third-order valence-corrected chi connectivity index (χ3v) is 5.20. The minimum atomic E-state index is -0.183. The van der Waals surface area contributed by atoms with E-state index in [2.05, 4.69) is 28.1 Å². The van der Waals surface area contributed by atoms with E-state index < -0.39 is 0 Å². The molecule has 0 unspecified atom stereocenters. The van der Waals surface area contributed by atoms with Gasteiger partial charge in [-0.2, -0.15) is 0 Å². The molecule has 1 nitrogen and oxygen atoms in total. The van der Waals surface area contributed by atoms with Crippen LogP contribution in [0.2, 0.25) is 0 Å². The third kappa shape index (κ3) is 2.17. The van der Waals surface area contributed by atoms with Gasteiger partial charge in [-0.05, 0) is 46.5 Å². The molecule has 1 fully saturated rings. The van der Waals surface area contributed by atoms with Crippen LogP contribution in [0.5, 0.6) is 0 Å². The van der Waals surface area contributed by atoms with E-state index in [1.165, 1.54) is 5.56 Å². The van der Waals surface area contributed by atoms with Crippen molar-refractivity contribution in [1.29, 1.82) is 0 Å². The summed E-state index contributed by atoms with van der Waals surface area (Å²) >= 11 is 5.09. The molecule has 0 atom stereocenters. The van der Waals surface area contributed by atoms with Crippen molar-refractivity contribution in [2.45, 2.75) is 24.7 Å². The second kappa shape index (κ2) is 4.63. The van der Waals surface area contributed by atoms with Crippen LogP contribution >= 0.6 is 27.3 Å². The fourth-order valence-corrected chi connectivity index (χ4v) is 3.87. The summed E-state index contributed by atoms with van der Waals surface area (Å²) in [6, 6.07) is 14.2. The molecule has 0 amide bonds. The molecule has 0 aliphatic heterocycles. The molecule has 1 saturated carbocycles. The number of thiophene rings is 1. The molecule has 3 rings (SSSR count). The molecule has 0 bridgehead atoms. The molecule has 92 valence electrons. The number of hydrogen-bond donors (Lipinski definition) is 0. The first-order valence-corrected chi connectivity index (χ1v) is 7.65. The lowest BCUT2D eigenvalue weighted by molar-refractivity contribution is -0.120. The van der Waals surface area contributed by atoms with Gasteiger partial charge in [0.15, 0.2) is 0 Å². The lowest BCUT2D eigenvalue weighted by atomic mass is 9.89. The number of halogens is 1. The van der Waals surface area contributed by atoms with E-state index in [4.69, 9.17) is 0 Å². The second-order valence-electron chi connectivity index (χ2n) is 4.75. The Morgan fingerprint density at radius 3 is 2.44 bits per heavy atom. The first kappa shape index (κ1) is 12.1. The molecule has 0 saturated heterocycles. The van der Waals surface area contributed by atoms with Crippen molar-refractivity contribution in [1.82, 2.24) is 0 Å². The van der Waals surface area contributed by atoms with Crippen molar-refractivity contribution < 1.29 is 4.79 Å². The predicted molar refractivity (Wildman–Crippen MR) is 78.1 cm³/mol. The minimum absolute atomic E-state index is 0.183. The van der Waals surface area contributed by atoms with Gasteiger partial charge in [-0.3, -0.25) is 4.79 Å². The van der Waals surface area contributed by atoms with Crippen molar-refractivity contribution in [3.05, 3.63) is 56.7 Å². The maximum absolute atomic E-state index is 12.5. The van der Waals surface area contributed by atoms with Gasteiger partial charge < -0.3 is 0 Å². The molecule has 1 aromatic carbocycles. The maximum atomic E-state index is 12.5. The average molecular weight is 321 g/mol. The van der Waals surface area contributed by atoms with Crippen LogP contribution in [0.15, 0.2) is 46.3 Å². The molecule has 1 aromatic heterocycles. The van der Waals surface area contributed by atoms with Crippen molar-refractivity contribution in [3.8, 4) is 0 Å². The first-order valence-electron chi connectivity index (χ1n) is 6.04. The Kier molecular flexibility index (Phi) is 3.12. The quantitative estimate of drug-likeness (QED) is 0.818. The highest BCUT2D eigenvalue weighted by molar-refractivity contribution is 9.11. The second-order valence-corrected chi connectivity index (χ2v) is 7.30. The van der Waals surface area contributed by atoms with Crippen LogP contribution in [0.4, 0.5) is 0 Å². The summed E-state index contributed by atoms with van der Waals surface area (Å²) in [4.78, 5) is 13.6. The molecule has 1 aliphatic carbocycles. The Morgan fingerprint density at radius 1 is 1.17 bits per heavy atom. The summed E-state index contributed by atoms with van der Waals surface area (Å²) in [5.74, 6) is 0.364. The van der Waals surface area contributed by atoms with E-state index in [1.54, 1.807) is 11.3 Å². The Morgan fingerprint density at radius 2 is 1.89 bits per heavy atom. The number of benzene rings is 1. The fraction of sp³-hybridized carbons (Fsp3) is 0.267. The Bertz CT molecular complexity index is 569. The largest absolute Gasteiger partial charge is 0.298 e. The van der Waals surface area contributed by atoms with Gasteiger partial charge in [0, 0.05) is 11.3 Å². The first-order chi connectivity index (χ1) is 8.71. The molecule has 2 aromatic rings. The fourth-order valence-electron chi connectivity index (χ4n) is 2.38. The number of hydrogen-bond acceptors (Lipinski definition) is 2. The van der Waals surface area contributed by atoms with E-state index in [9.17, 15) is 4.79 Å². The molecule has 3 heteroatoms. The number of rotatable bonds is 4. The Balaban J connectivity index is 1.81. The summed E-state index contributed by atoms with van der Waals surface area (Å²) in [6.45, 7) is 0. The van der Waals surface area contributed by atoms with Crippen molar-refractivity contribution in [2.75, 3.05) is 0 Å². The molecule has 18 heavy (non-hydrogen) atoms. The number of ketones is 1. The molecule has 1 heterocycles. The summed E-state index contributed by atoms with van der Waals surface area (Å²) < 4.78 is 1.09. The third-order valence-electron chi connectivity index (χ3n) is 3.57. The van der Waals surface area contributed by atoms with Crippen molar-refractivity contribution >= 4 is 33.0 Å². The smallest absolute Gasteiger partial charge is 0.148 e. The number of carbonyl (C=O) groups is 1. The normalized spacial score (nSPS) is 16.5. The predicted octanol–water partition coefficient (Wildman–Crippen LogP) is 4.35. The van der Waals surface area contributed by atoms with Crippen LogP contribution in [0.25, 0.3) is 0 Å². The molecule has 0 radical (unpaired) electrons. The van der Waals surface area contributed by atoms with Gasteiger partial charge in [0.05, 0.1) is 9.20 Å². The van der Waals surface area contributed by atoms with Crippen LogP contribution in [-0.2, 0) is 16.6 Å². The van der Waals surface area contributed by atoms with Crippen molar-refractivity contribution in [3.63, 3.8) is 0 Å². The standard InChI is InChI=1S/C15H13BrOS/c16-14-7-6-12(18-14)10-13(17)15(8-9-15)11-4-2-1-3-5-11/h1-7H,8-10H2. The van der Waals surface area contributed by atoms with E-state index in [0.29, 0.717) is 12.2 Å². The number of Topliss-reactive ketones (excluding diaryl/α,β-unsaturated/α-hetero) is 1. The van der Waals surface area contributed by atoms with E-state index in [-0.39, 0.29) is 5.41 Å². The van der Waals surface area contributed by atoms with Crippen LogP contribution in [0, 0.1) is 0 Å². The van der Waals surface area contributed by atoms with Crippen LogP contribution in [0.3, 0.4) is 0 Å². The minimum Gasteiger partial charge on any atom is -0.298 e. The monoisotopic (exact) mass is 320 g/mol. The molecular formula is C15H13BrOS. The summed E-state index contributed by atoms with van der Waals surface area (Å²) in [7, 11) is 0. The van der Waals surface area contributed by atoms with Crippen LogP contribution in [0.1, 0.15) is 23.3 Å². The maximum Gasteiger partial charge on any atom is 0.148 e. The van der Waals surface area contributed by atoms with Crippen molar-refractivity contribution in [2.24, 2.45) is 0 Å². The van der Waals surface area contributed by atoms with Gasteiger partial charge in [-0.1, -0.05) is 30.3 Å². The zero-order valence-electron chi connectivity index (χ0n) is 9.86. The molecule has 0 spiro atoms. The molecule has 1 aliphatic rings. The lowest BCUT2D eigenvalue weighted by Gasteiger charge is -2.13. The molecule has 0 N–H and O–H groups in total. The topological polar surface area (TPSA) is 17.1 Å². The van der Waals surface area contributed by atoms with Crippen LogP contribution < -0.4 is 0 Å². The zero-order valence-corrected chi connectivity index (χ0v) is 12.3. The van der Waals surface area contributed by atoms with E-state index >= 15 is 0 Å². The van der Waals surface area contributed by atoms with E-state index in [0.717, 1.165) is 21.5 Å². The lowest BCUT2D eigenvalue weighted by Crippen LogP contribution is -2.22. The Hall–Kier alpha value is -0.930. The van der Waals surface area contributed by atoms with Gasteiger partial charge in [0.1, 0.15) is 5.78 Å². The number of carbonyl (C=O) groups excluding carboxylic acids is 1. The highest BCUT2D eigenvalue weighted by Gasteiger charge is 2.50. The molecular weight excluding hydrogens is 308 g/mol. The van der Waals surface area contributed by atoms with Gasteiger partial charge in [-0.15, -0.1) is 11.3 Å². The average Bonchev–Trinajstić information content (AvgIpc) is 3.10. The summed E-state index contributed by atoms with van der Waals surface area (Å²) in [5, 5.41) is 0. The SMILES string of the molecule is O=C(Cc1ccc(Br)s1)C1(c2ccccc2)CC1. The summed E-state index contributed by atoms with van der Waals surface area (Å²) in [5.41, 5.74) is 1.00. The van der Waals surface area contributed by atoms with Gasteiger partial charge >= 0.3 is 0 Å². The van der Waals surface area contributed by atoms with E-state index in [1.807, 2.05) is 30.3 Å². The van der Waals surface area contributed by atoms with Crippen LogP contribution in [-0.4, -0.2) is 5.78 Å². The van der Waals surface area contributed by atoms with Gasteiger partial charge in [0.25, 0.3) is 0 Å². The highest BCUT2D eigenvalue weighted by Crippen LogP contribution is 2.49. The Labute approximate surface area is 119 Å². The van der Waals surface area contributed by atoms with Gasteiger partial charge in [-0.25, -0.2) is 0 Å². The zero-order chi connectivity index (χ0) is 12.6. The highest BCUT2D eigenvalue weighted by atomic mass is 79.9. The summed E-state index contributed by atoms with van der Waals surface area (Å²) in [6.07, 6.45) is 2.57. The van der Waals surface area contributed by atoms with Gasteiger partial charge in [0.2, 0.25) is 0 Å².